The Kier molecular flexibility index (Phi) is 1.46. The minimum Gasteiger partial charge on any atom is -0.382 e. The minimum atomic E-state index is -0.187. The first-order valence-corrected chi connectivity index (χ1v) is 5.01. The van der Waals surface area contributed by atoms with E-state index in [-0.39, 0.29) is 17.3 Å². The van der Waals surface area contributed by atoms with E-state index in [0.717, 1.165) is 24.9 Å². The molecule has 1 heterocycles. The van der Waals surface area contributed by atoms with Crippen LogP contribution >= 0.6 is 0 Å². The molecule has 2 aliphatic rings. The van der Waals surface area contributed by atoms with Gasteiger partial charge in [-0.25, -0.2) is 4.39 Å². The summed E-state index contributed by atoms with van der Waals surface area (Å²) in [6.45, 7) is 0.822. The highest BCUT2D eigenvalue weighted by Gasteiger charge is 2.51. The number of nitrogens with one attached hydrogen (secondary N) is 1. The number of benzene rings is 1. The lowest BCUT2D eigenvalue weighted by atomic mass is 9.86. The number of rotatable bonds is 0. The van der Waals surface area contributed by atoms with Crippen LogP contribution in [-0.2, 0) is 0 Å². The maximum absolute atomic E-state index is 13.4. The maximum Gasteiger partial charge on any atom is 0.146 e. The van der Waals surface area contributed by atoms with Crippen molar-refractivity contribution in [3.8, 4) is 0 Å². The summed E-state index contributed by atoms with van der Waals surface area (Å²) in [7, 11) is 0. The standard InChI is InChI=1S/C11H13FN2/c12-8-3-1-2-7-9(8)14-6-11(4-5-11)10(7)13/h1-3,10,14H,4-6,13H2. The Balaban J connectivity index is 2.11. The molecule has 1 fully saturated rings. The van der Waals surface area contributed by atoms with E-state index < -0.39 is 0 Å². The molecule has 1 saturated carbocycles. The first-order chi connectivity index (χ1) is 6.73. The van der Waals surface area contributed by atoms with Crippen molar-refractivity contribution in [1.82, 2.24) is 0 Å². The Morgan fingerprint density at radius 2 is 2.21 bits per heavy atom. The van der Waals surface area contributed by atoms with Gasteiger partial charge in [-0.05, 0) is 24.5 Å². The van der Waals surface area contributed by atoms with Crippen LogP contribution < -0.4 is 11.1 Å². The fourth-order valence-electron chi connectivity index (χ4n) is 2.34. The van der Waals surface area contributed by atoms with E-state index in [0.29, 0.717) is 5.69 Å². The second-order valence-electron chi connectivity index (χ2n) is 4.40. The van der Waals surface area contributed by atoms with E-state index in [1.54, 1.807) is 6.07 Å². The van der Waals surface area contributed by atoms with E-state index in [4.69, 9.17) is 5.73 Å². The van der Waals surface area contributed by atoms with Gasteiger partial charge < -0.3 is 11.1 Å². The second-order valence-corrected chi connectivity index (χ2v) is 4.40. The molecule has 1 atom stereocenters. The normalized spacial score (nSPS) is 26.9. The lowest BCUT2D eigenvalue weighted by Gasteiger charge is -2.32. The van der Waals surface area contributed by atoms with E-state index in [2.05, 4.69) is 5.32 Å². The molecule has 1 aliphatic heterocycles. The van der Waals surface area contributed by atoms with Crippen LogP contribution in [0.4, 0.5) is 10.1 Å². The van der Waals surface area contributed by atoms with Crippen molar-refractivity contribution in [2.45, 2.75) is 18.9 Å². The Morgan fingerprint density at radius 3 is 2.93 bits per heavy atom. The third kappa shape index (κ3) is 0.932. The highest BCUT2D eigenvalue weighted by molar-refractivity contribution is 5.57. The number of fused-ring (bicyclic) bond motifs is 1. The van der Waals surface area contributed by atoms with E-state index >= 15 is 0 Å². The van der Waals surface area contributed by atoms with Gasteiger partial charge in [-0.3, -0.25) is 0 Å². The number of para-hydroxylation sites is 1. The van der Waals surface area contributed by atoms with Gasteiger partial charge in [0.15, 0.2) is 0 Å². The summed E-state index contributed by atoms with van der Waals surface area (Å²) < 4.78 is 13.4. The van der Waals surface area contributed by atoms with Crippen molar-refractivity contribution in [2.75, 3.05) is 11.9 Å². The first kappa shape index (κ1) is 8.24. The van der Waals surface area contributed by atoms with Crippen LogP contribution in [0.3, 0.4) is 0 Å². The van der Waals surface area contributed by atoms with Crippen LogP contribution in [0, 0.1) is 11.2 Å². The Bertz CT molecular complexity index is 385. The fraction of sp³-hybridized carbons (Fsp3) is 0.455. The summed E-state index contributed by atoms with van der Waals surface area (Å²) in [4.78, 5) is 0. The van der Waals surface area contributed by atoms with Gasteiger partial charge in [0, 0.05) is 18.0 Å². The Labute approximate surface area is 82.3 Å². The predicted molar refractivity (Wildman–Crippen MR) is 53.5 cm³/mol. The molecule has 0 radical (unpaired) electrons. The van der Waals surface area contributed by atoms with Gasteiger partial charge in [-0.15, -0.1) is 0 Å². The fourth-order valence-corrected chi connectivity index (χ4v) is 2.34. The minimum absolute atomic E-state index is 0.00875. The lowest BCUT2D eigenvalue weighted by molar-refractivity contribution is 0.414. The summed E-state index contributed by atoms with van der Waals surface area (Å²) in [5, 5.41) is 3.16. The molecule has 1 aromatic carbocycles. The molecule has 0 saturated heterocycles. The second kappa shape index (κ2) is 2.48. The molecule has 2 nitrogen and oxygen atoms in total. The number of halogens is 1. The molecule has 0 bridgehead atoms. The third-order valence-corrected chi connectivity index (χ3v) is 3.55. The number of nitrogens with two attached hydrogens (primary N) is 1. The van der Waals surface area contributed by atoms with Crippen LogP contribution in [0.5, 0.6) is 0 Å². The Hall–Kier alpha value is -1.09. The molecule has 1 unspecified atom stereocenters. The van der Waals surface area contributed by atoms with E-state index in [1.165, 1.54) is 6.07 Å². The molecule has 0 aromatic heterocycles. The highest BCUT2D eigenvalue weighted by atomic mass is 19.1. The zero-order valence-electron chi connectivity index (χ0n) is 7.89. The molecular weight excluding hydrogens is 179 g/mol. The summed E-state index contributed by atoms with van der Waals surface area (Å²) >= 11 is 0. The molecule has 1 aromatic rings. The summed E-state index contributed by atoms with van der Waals surface area (Å²) in [5.41, 5.74) is 7.92. The van der Waals surface area contributed by atoms with E-state index in [9.17, 15) is 4.39 Å². The topological polar surface area (TPSA) is 38.0 Å². The number of hydrogen-bond acceptors (Lipinski definition) is 2. The average Bonchev–Trinajstić information content (AvgIpc) is 2.94. The van der Waals surface area contributed by atoms with Crippen LogP contribution in [0.15, 0.2) is 18.2 Å². The van der Waals surface area contributed by atoms with Gasteiger partial charge in [0.05, 0.1) is 5.69 Å². The highest BCUT2D eigenvalue weighted by Crippen LogP contribution is 2.57. The lowest BCUT2D eigenvalue weighted by Crippen LogP contribution is -2.34. The van der Waals surface area contributed by atoms with Crippen LogP contribution in [0.2, 0.25) is 0 Å². The molecular formula is C11H13FN2. The molecule has 1 spiro atoms. The average molecular weight is 192 g/mol. The molecule has 74 valence electrons. The molecule has 3 rings (SSSR count). The Morgan fingerprint density at radius 1 is 1.43 bits per heavy atom. The summed E-state index contributed by atoms with van der Waals surface area (Å²) in [5.74, 6) is -0.187. The smallest absolute Gasteiger partial charge is 0.146 e. The van der Waals surface area contributed by atoms with Gasteiger partial charge in [-0.2, -0.15) is 0 Å². The zero-order valence-corrected chi connectivity index (χ0v) is 7.89. The maximum atomic E-state index is 13.4. The van der Waals surface area contributed by atoms with Crippen molar-refractivity contribution in [3.63, 3.8) is 0 Å². The van der Waals surface area contributed by atoms with Crippen LogP contribution in [0.1, 0.15) is 24.4 Å². The van der Waals surface area contributed by atoms with Gasteiger partial charge in [0.1, 0.15) is 5.82 Å². The third-order valence-electron chi connectivity index (χ3n) is 3.55. The van der Waals surface area contributed by atoms with Crippen molar-refractivity contribution in [1.29, 1.82) is 0 Å². The number of hydrogen-bond donors (Lipinski definition) is 2. The molecule has 1 aliphatic carbocycles. The molecule has 3 N–H and O–H groups in total. The van der Waals surface area contributed by atoms with E-state index in [1.807, 2.05) is 6.07 Å². The van der Waals surface area contributed by atoms with Crippen LogP contribution in [-0.4, -0.2) is 6.54 Å². The summed E-state index contributed by atoms with van der Waals surface area (Å²) in [6, 6.07) is 5.14. The van der Waals surface area contributed by atoms with Crippen molar-refractivity contribution < 1.29 is 4.39 Å². The van der Waals surface area contributed by atoms with Crippen molar-refractivity contribution >= 4 is 5.69 Å². The quantitative estimate of drug-likeness (QED) is 0.660. The molecule has 3 heteroatoms. The molecule has 14 heavy (non-hydrogen) atoms. The van der Waals surface area contributed by atoms with Gasteiger partial charge in [0.25, 0.3) is 0 Å². The largest absolute Gasteiger partial charge is 0.382 e. The summed E-state index contributed by atoms with van der Waals surface area (Å²) in [6.07, 6.45) is 2.33. The molecule has 0 amide bonds. The zero-order chi connectivity index (χ0) is 9.76. The monoisotopic (exact) mass is 192 g/mol. The number of anilines is 1. The SMILES string of the molecule is NC1c2cccc(F)c2NCC12CC2. The van der Waals surface area contributed by atoms with Crippen molar-refractivity contribution in [2.24, 2.45) is 11.1 Å². The van der Waals surface area contributed by atoms with Gasteiger partial charge in [-0.1, -0.05) is 12.1 Å². The predicted octanol–water partition coefficient (Wildman–Crippen LogP) is 2.03. The van der Waals surface area contributed by atoms with Crippen LogP contribution in [0.25, 0.3) is 0 Å². The first-order valence-electron chi connectivity index (χ1n) is 5.01. The van der Waals surface area contributed by atoms with Gasteiger partial charge in [0.2, 0.25) is 0 Å². The van der Waals surface area contributed by atoms with Gasteiger partial charge >= 0.3 is 0 Å². The van der Waals surface area contributed by atoms with Crippen molar-refractivity contribution in [3.05, 3.63) is 29.6 Å².